The lowest BCUT2D eigenvalue weighted by Gasteiger charge is -2.42. The molecule has 1 fully saturated rings. The van der Waals surface area contributed by atoms with Crippen LogP contribution in [0.1, 0.15) is 54.7 Å². The zero-order chi connectivity index (χ0) is 24.2. The standard InChI is InChI=1S/C28H34N4O2/c1-5-20(2)26-17-24(23-9-7-6-8-10-23)11-12-25(26)19-30-15-16-31(21(3)18-30)22(4)32-14-13-27(29-32)28(33)34/h6-14,17,20-21H,4-5,15-16,18-19H2,1-3H3,(H,33,34). The first-order valence-electron chi connectivity index (χ1n) is 12.0. The first kappa shape index (κ1) is 23.8. The van der Waals surface area contributed by atoms with Gasteiger partial charge in [0.05, 0.1) is 0 Å². The number of carboxylic acids is 1. The second-order valence-electron chi connectivity index (χ2n) is 9.23. The van der Waals surface area contributed by atoms with E-state index in [1.165, 1.54) is 28.3 Å². The van der Waals surface area contributed by atoms with Crippen LogP contribution in [-0.4, -0.2) is 56.3 Å². The molecule has 1 aromatic heterocycles. The Morgan fingerprint density at radius 2 is 1.91 bits per heavy atom. The Kier molecular flexibility index (Phi) is 7.17. The molecule has 1 aliphatic heterocycles. The fourth-order valence-electron chi connectivity index (χ4n) is 4.74. The number of carboxylic acid groups (broad SMARTS) is 1. The van der Waals surface area contributed by atoms with E-state index >= 15 is 0 Å². The Labute approximate surface area is 202 Å². The van der Waals surface area contributed by atoms with Crippen molar-refractivity contribution in [2.45, 2.75) is 45.7 Å². The zero-order valence-electron chi connectivity index (χ0n) is 20.3. The van der Waals surface area contributed by atoms with Crippen LogP contribution in [0, 0.1) is 0 Å². The lowest BCUT2D eigenvalue weighted by Crippen LogP contribution is -2.51. The Morgan fingerprint density at radius 1 is 1.15 bits per heavy atom. The lowest BCUT2D eigenvalue weighted by molar-refractivity contribution is 0.0689. The summed E-state index contributed by atoms with van der Waals surface area (Å²) < 4.78 is 1.57. The molecule has 0 saturated carbocycles. The summed E-state index contributed by atoms with van der Waals surface area (Å²) in [6.45, 7) is 14.5. The zero-order valence-corrected chi connectivity index (χ0v) is 20.3. The van der Waals surface area contributed by atoms with Gasteiger partial charge in [-0.25, -0.2) is 9.48 Å². The van der Waals surface area contributed by atoms with Gasteiger partial charge < -0.3 is 10.0 Å². The van der Waals surface area contributed by atoms with Crippen LogP contribution in [0.5, 0.6) is 0 Å². The molecule has 1 saturated heterocycles. The van der Waals surface area contributed by atoms with Crippen molar-refractivity contribution in [3.05, 3.63) is 84.2 Å². The molecule has 0 spiro atoms. The average Bonchev–Trinajstić information content (AvgIpc) is 3.35. The molecule has 34 heavy (non-hydrogen) atoms. The van der Waals surface area contributed by atoms with Crippen LogP contribution in [0.2, 0.25) is 0 Å². The van der Waals surface area contributed by atoms with Crippen molar-refractivity contribution in [2.75, 3.05) is 19.6 Å². The average molecular weight is 459 g/mol. The fraction of sp³-hybridized carbons (Fsp3) is 0.357. The number of nitrogens with zero attached hydrogens (tertiary/aromatic N) is 4. The third-order valence-electron chi connectivity index (χ3n) is 6.91. The van der Waals surface area contributed by atoms with Crippen LogP contribution in [0.25, 0.3) is 16.9 Å². The monoisotopic (exact) mass is 458 g/mol. The van der Waals surface area contributed by atoms with Crippen molar-refractivity contribution < 1.29 is 9.90 Å². The Hall–Kier alpha value is -3.38. The SMILES string of the molecule is C=C(N1CCN(Cc2ccc(-c3ccccc3)cc2C(C)CC)CC1C)n1ccc(C(=O)O)n1. The maximum absolute atomic E-state index is 11.2. The molecule has 2 unspecified atom stereocenters. The number of piperazine rings is 1. The van der Waals surface area contributed by atoms with Gasteiger partial charge in [-0.15, -0.1) is 0 Å². The van der Waals surface area contributed by atoms with Gasteiger partial charge in [0.25, 0.3) is 0 Å². The second kappa shape index (κ2) is 10.3. The van der Waals surface area contributed by atoms with E-state index in [1.807, 2.05) is 0 Å². The first-order valence-corrected chi connectivity index (χ1v) is 12.0. The maximum Gasteiger partial charge on any atom is 0.356 e. The van der Waals surface area contributed by atoms with Gasteiger partial charge >= 0.3 is 5.97 Å². The molecule has 178 valence electrons. The number of rotatable bonds is 8. The van der Waals surface area contributed by atoms with Crippen LogP contribution in [-0.2, 0) is 6.54 Å². The minimum Gasteiger partial charge on any atom is -0.476 e. The van der Waals surface area contributed by atoms with Crippen molar-refractivity contribution in [3.63, 3.8) is 0 Å². The van der Waals surface area contributed by atoms with E-state index in [4.69, 9.17) is 5.11 Å². The lowest BCUT2D eigenvalue weighted by atomic mass is 9.90. The smallest absolute Gasteiger partial charge is 0.356 e. The van der Waals surface area contributed by atoms with Gasteiger partial charge in [-0.05, 0) is 47.6 Å². The van der Waals surface area contributed by atoms with Crippen LogP contribution in [0.3, 0.4) is 0 Å². The fourth-order valence-corrected chi connectivity index (χ4v) is 4.74. The molecule has 0 amide bonds. The Morgan fingerprint density at radius 3 is 2.56 bits per heavy atom. The topological polar surface area (TPSA) is 61.6 Å². The number of hydrogen-bond donors (Lipinski definition) is 1. The molecule has 0 radical (unpaired) electrons. The van der Waals surface area contributed by atoms with Crippen LogP contribution < -0.4 is 0 Å². The number of benzene rings is 2. The molecule has 0 bridgehead atoms. The summed E-state index contributed by atoms with van der Waals surface area (Å²) in [5.74, 6) is 0.187. The predicted octanol–water partition coefficient (Wildman–Crippen LogP) is 5.40. The third kappa shape index (κ3) is 5.07. The van der Waals surface area contributed by atoms with E-state index in [0.29, 0.717) is 11.7 Å². The van der Waals surface area contributed by atoms with E-state index in [2.05, 4.69) is 90.8 Å². The van der Waals surface area contributed by atoms with Crippen LogP contribution in [0.15, 0.2) is 67.4 Å². The number of aromatic nitrogens is 2. The largest absolute Gasteiger partial charge is 0.476 e. The van der Waals surface area contributed by atoms with Crippen molar-refractivity contribution in [1.82, 2.24) is 19.6 Å². The van der Waals surface area contributed by atoms with E-state index in [1.54, 1.807) is 10.9 Å². The molecule has 2 atom stereocenters. The Bertz CT molecular complexity index is 1150. The van der Waals surface area contributed by atoms with Gasteiger partial charge in [0.2, 0.25) is 0 Å². The molecular weight excluding hydrogens is 424 g/mol. The number of carbonyl (C=O) groups is 1. The minimum atomic E-state index is -1.03. The minimum absolute atomic E-state index is 0.0314. The highest BCUT2D eigenvalue weighted by atomic mass is 16.4. The van der Waals surface area contributed by atoms with Crippen molar-refractivity contribution >= 4 is 11.8 Å². The van der Waals surface area contributed by atoms with Crippen LogP contribution in [0.4, 0.5) is 0 Å². The summed E-state index contributed by atoms with van der Waals surface area (Å²) in [6.07, 6.45) is 2.77. The molecule has 0 aliphatic carbocycles. The molecule has 2 aromatic carbocycles. The highest BCUT2D eigenvalue weighted by Crippen LogP contribution is 2.30. The highest BCUT2D eigenvalue weighted by Gasteiger charge is 2.26. The number of aromatic carboxylic acids is 1. The second-order valence-corrected chi connectivity index (χ2v) is 9.23. The normalized spacial score (nSPS) is 17.5. The highest BCUT2D eigenvalue weighted by molar-refractivity contribution is 5.85. The summed E-state index contributed by atoms with van der Waals surface area (Å²) >= 11 is 0. The first-order chi connectivity index (χ1) is 16.4. The van der Waals surface area contributed by atoms with Gasteiger partial charge in [-0.1, -0.05) is 69.0 Å². The third-order valence-corrected chi connectivity index (χ3v) is 6.91. The predicted molar refractivity (Wildman–Crippen MR) is 137 cm³/mol. The summed E-state index contributed by atoms with van der Waals surface area (Å²) in [4.78, 5) is 15.9. The molecule has 3 aromatic rings. The van der Waals surface area contributed by atoms with Gasteiger partial charge in [-0.3, -0.25) is 4.90 Å². The number of hydrogen-bond acceptors (Lipinski definition) is 4. The molecular formula is C28H34N4O2. The summed E-state index contributed by atoms with van der Waals surface area (Å²) in [5, 5.41) is 13.3. The van der Waals surface area contributed by atoms with Crippen molar-refractivity contribution in [2.24, 2.45) is 0 Å². The van der Waals surface area contributed by atoms with Gasteiger partial charge in [0, 0.05) is 38.4 Å². The quantitative estimate of drug-likeness (QED) is 0.490. The molecule has 6 heteroatoms. The van der Waals surface area contributed by atoms with Gasteiger partial charge in [0.1, 0.15) is 5.82 Å². The molecule has 4 rings (SSSR count). The summed E-state index contributed by atoms with van der Waals surface area (Å²) in [5.41, 5.74) is 5.38. The Balaban J connectivity index is 1.47. The van der Waals surface area contributed by atoms with Crippen molar-refractivity contribution in [1.29, 1.82) is 0 Å². The van der Waals surface area contributed by atoms with Crippen LogP contribution >= 0.6 is 0 Å². The maximum atomic E-state index is 11.2. The van der Waals surface area contributed by atoms with Gasteiger partial charge in [-0.2, -0.15) is 5.10 Å². The van der Waals surface area contributed by atoms with E-state index in [9.17, 15) is 4.79 Å². The summed E-state index contributed by atoms with van der Waals surface area (Å²) in [6, 6.07) is 19.2. The van der Waals surface area contributed by atoms with E-state index in [0.717, 1.165) is 32.6 Å². The molecule has 1 N–H and O–H groups in total. The van der Waals surface area contributed by atoms with Crippen molar-refractivity contribution in [3.8, 4) is 11.1 Å². The molecule has 1 aliphatic rings. The molecule has 2 heterocycles. The molecule has 6 nitrogen and oxygen atoms in total. The summed E-state index contributed by atoms with van der Waals surface area (Å²) in [7, 11) is 0. The van der Waals surface area contributed by atoms with Gasteiger partial charge in [0.15, 0.2) is 5.69 Å². The van der Waals surface area contributed by atoms with E-state index in [-0.39, 0.29) is 11.7 Å². The van der Waals surface area contributed by atoms with E-state index < -0.39 is 5.97 Å².